The highest BCUT2D eigenvalue weighted by atomic mass is 16.5. The Morgan fingerprint density at radius 3 is 2.26 bits per heavy atom. The van der Waals surface area contributed by atoms with Gasteiger partial charge < -0.3 is 14.8 Å². The minimum atomic E-state index is -0.606. The highest BCUT2D eigenvalue weighted by Gasteiger charge is 2.11. The van der Waals surface area contributed by atoms with Crippen LogP contribution in [0.4, 0.5) is 5.69 Å². The Labute approximate surface area is 177 Å². The molecule has 0 bridgehead atoms. The largest absolute Gasteiger partial charge is 0.457 e. The van der Waals surface area contributed by atoms with Gasteiger partial charge in [0.05, 0.1) is 11.3 Å². The van der Waals surface area contributed by atoms with Crippen LogP contribution in [0.25, 0.3) is 5.69 Å². The molecule has 0 aliphatic rings. The molecule has 31 heavy (non-hydrogen) atoms. The Kier molecular flexibility index (Phi) is 5.94. The average molecular weight is 415 g/mol. The number of benzene rings is 3. The zero-order valence-corrected chi connectivity index (χ0v) is 16.2. The smallest absolute Gasteiger partial charge is 0.338 e. The SMILES string of the molecule is O=C(COC(=O)c1ccc(-n2cnnn2)cc1)Nc1ccc(Oc2ccccc2)cc1. The molecule has 0 atom stereocenters. The van der Waals surface area contributed by atoms with Crippen molar-refractivity contribution in [2.75, 3.05) is 11.9 Å². The number of tetrazole rings is 1. The molecule has 4 rings (SSSR count). The van der Waals surface area contributed by atoms with Gasteiger partial charge in [0, 0.05) is 5.69 Å². The molecule has 0 saturated carbocycles. The maximum Gasteiger partial charge on any atom is 0.338 e. The molecule has 0 aliphatic heterocycles. The van der Waals surface area contributed by atoms with Gasteiger partial charge in [-0.25, -0.2) is 9.48 Å². The van der Waals surface area contributed by atoms with Gasteiger partial charge in [-0.05, 0) is 71.1 Å². The number of carbonyl (C=O) groups is 2. The second-order valence-corrected chi connectivity index (χ2v) is 6.37. The number of esters is 1. The Hall–Kier alpha value is -4.53. The predicted octanol–water partition coefficient (Wildman–Crippen LogP) is 3.25. The molecule has 9 nitrogen and oxygen atoms in total. The third kappa shape index (κ3) is 5.30. The number of ether oxygens (including phenoxy) is 2. The topological polar surface area (TPSA) is 108 Å². The van der Waals surface area contributed by atoms with Gasteiger partial charge in [-0.15, -0.1) is 5.10 Å². The summed E-state index contributed by atoms with van der Waals surface area (Å²) in [6.07, 6.45) is 1.44. The Morgan fingerprint density at radius 2 is 1.58 bits per heavy atom. The molecular formula is C22H17N5O4. The van der Waals surface area contributed by atoms with Crippen LogP contribution >= 0.6 is 0 Å². The highest BCUT2D eigenvalue weighted by molar-refractivity contribution is 5.95. The lowest BCUT2D eigenvalue weighted by Crippen LogP contribution is -2.20. The van der Waals surface area contributed by atoms with E-state index >= 15 is 0 Å². The maximum absolute atomic E-state index is 12.2. The van der Waals surface area contributed by atoms with Crippen molar-refractivity contribution in [2.45, 2.75) is 0 Å². The first-order valence-electron chi connectivity index (χ1n) is 9.31. The lowest BCUT2D eigenvalue weighted by atomic mass is 10.2. The molecule has 9 heteroatoms. The summed E-state index contributed by atoms with van der Waals surface area (Å²) in [7, 11) is 0. The van der Waals surface area contributed by atoms with Crippen LogP contribution < -0.4 is 10.1 Å². The summed E-state index contributed by atoms with van der Waals surface area (Å²) in [5.74, 6) is 0.304. The predicted molar refractivity (Wildman–Crippen MR) is 111 cm³/mol. The fraction of sp³-hybridized carbons (Fsp3) is 0.0455. The number of nitrogens with zero attached hydrogens (tertiary/aromatic N) is 4. The quantitative estimate of drug-likeness (QED) is 0.462. The second-order valence-electron chi connectivity index (χ2n) is 6.37. The molecule has 1 N–H and O–H groups in total. The van der Waals surface area contributed by atoms with Crippen LogP contribution in [-0.4, -0.2) is 38.7 Å². The molecule has 0 radical (unpaired) electrons. The van der Waals surface area contributed by atoms with E-state index in [2.05, 4.69) is 20.8 Å². The Bertz CT molecular complexity index is 1150. The van der Waals surface area contributed by atoms with E-state index < -0.39 is 18.5 Å². The zero-order valence-electron chi connectivity index (χ0n) is 16.2. The summed E-state index contributed by atoms with van der Waals surface area (Å²) in [6, 6.07) is 22.7. The third-order valence-corrected chi connectivity index (χ3v) is 4.17. The van der Waals surface area contributed by atoms with E-state index in [0.717, 1.165) is 5.75 Å². The Morgan fingerprint density at radius 1 is 0.871 bits per heavy atom. The van der Waals surface area contributed by atoms with E-state index in [0.29, 0.717) is 22.7 Å². The second kappa shape index (κ2) is 9.31. The summed E-state index contributed by atoms with van der Waals surface area (Å²) in [5.41, 5.74) is 1.57. The fourth-order valence-electron chi connectivity index (χ4n) is 2.67. The van der Waals surface area contributed by atoms with Crippen LogP contribution in [0.3, 0.4) is 0 Å². The minimum Gasteiger partial charge on any atom is -0.457 e. The minimum absolute atomic E-state index is 0.312. The van der Waals surface area contributed by atoms with Gasteiger partial charge in [-0.1, -0.05) is 18.2 Å². The van der Waals surface area contributed by atoms with Crippen molar-refractivity contribution in [3.8, 4) is 17.2 Å². The molecule has 1 aromatic heterocycles. The van der Waals surface area contributed by atoms with Crippen molar-refractivity contribution in [3.63, 3.8) is 0 Å². The van der Waals surface area contributed by atoms with Gasteiger partial charge in [0.1, 0.15) is 17.8 Å². The number of nitrogens with one attached hydrogen (secondary N) is 1. The third-order valence-electron chi connectivity index (χ3n) is 4.17. The van der Waals surface area contributed by atoms with Crippen molar-refractivity contribution in [2.24, 2.45) is 0 Å². The highest BCUT2D eigenvalue weighted by Crippen LogP contribution is 2.22. The number of anilines is 1. The first kappa shape index (κ1) is 19.8. The fourth-order valence-corrected chi connectivity index (χ4v) is 2.67. The molecule has 0 aliphatic carbocycles. The number of aromatic nitrogens is 4. The number of carbonyl (C=O) groups excluding carboxylic acids is 2. The lowest BCUT2D eigenvalue weighted by molar-refractivity contribution is -0.119. The lowest BCUT2D eigenvalue weighted by Gasteiger charge is -2.09. The van der Waals surface area contributed by atoms with Gasteiger partial charge in [0.2, 0.25) is 0 Å². The molecule has 0 saturated heterocycles. The van der Waals surface area contributed by atoms with E-state index in [-0.39, 0.29) is 0 Å². The van der Waals surface area contributed by atoms with Gasteiger partial charge in [-0.2, -0.15) is 0 Å². The van der Waals surface area contributed by atoms with Crippen molar-refractivity contribution in [1.29, 1.82) is 0 Å². The van der Waals surface area contributed by atoms with Crippen molar-refractivity contribution in [1.82, 2.24) is 20.2 Å². The number of rotatable bonds is 7. The van der Waals surface area contributed by atoms with Crippen molar-refractivity contribution >= 4 is 17.6 Å². The maximum atomic E-state index is 12.2. The standard InChI is InChI=1S/C22H17N5O4/c28-21(24-17-8-12-20(13-9-17)31-19-4-2-1-3-5-19)14-30-22(29)16-6-10-18(11-7-16)27-15-23-25-26-27/h1-13,15H,14H2,(H,24,28). The molecule has 3 aromatic carbocycles. The number of hydrogen-bond donors (Lipinski definition) is 1. The normalized spacial score (nSPS) is 10.3. The molecule has 1 amide bonds. The number of amides is 1. The van der Waals surface area contributed by atoms with E-state index in [4.69, 9.17) is 9.47 Å². The van der Waals surface area contributed by atoms with Crippen LogP contribution in [0.5, 0.6) is 11.5 Å². The summed E-state index contributed by atoms with van der Waals surface area (Å²) in [5, 5.41) is 13.5. The van der Waals surface area contributed by atoms with Crippen molar-refractivity contribution < 1.29 is 19.1 Å². The number of para-hydroxylation sites is 1. The molecular weight excluding hydrogens is 398 g/mol. The van der Waals surface area contributed by atoms with Crippen LogP contribution in [0.2, 0.25) is 0 Å². The first-order chi connectivity index (χ1) is 15.2. The zero-order chi connectivity index (χ0) is 21.5. The summed E-state index contributed by atoms with van der Waals surface area (Å²) in [4.78, 5) is 24.2. The molecule has 1 heterocycles. The summed E-state index contributed by atoms with van der Waals surface area (Å²) < 4.78 is 12.2. The monoisotopic (exact) mass is 415 g/mol. The Balaban J connectivity index is 1.26. The molecule has 0 unspecified atom stereocenters. The summed E-state index contributed by atoms with van der Waals surface area (Å²) >= 11 is 0. The average Bonchev–Trinajstić information content (AvgIpc) is 3.35. The van der Waals surface area contributed by atoms with Gasteiger partial charge in [0.15, 0.2) is 6.61 Å². The van der Waals surface area contributed by atoms with Crippen LogP contribution in [0.15, 0.2) is 85.2 Å². The van der Waals surface area contributed by atoms with Crippen molar-refractivity contribution in [3.05, 3.63) is 90.8 Å². The van der Waals surface area contributed by atoms with Crippen LogP contribution in [0, 0.1) is 0 Å². The van der Waals surface area contributed by atoms with Gasteiger partial charge >= 0.3 is 5.97 Å². The van der Waals surface area contributed by atoms with Gasteiger partial charge in [-0.3, -0.25) is 4.79 Å². The molecule has 0 spiro atoms. The van der Waals surface area contributed by atoms with Crippen LogP contribution in [0.1, 0.15) is 10.4 Å². The van der Waals surface area contributed by atoms with E-state index in [9.17, 15) is 9.59 Å². The molecule has 154 valence electrons. The molecule has 4 aromatic rings. The van der Waals surface area contributed by atoms with E-state index in [1.165, 1.54) is 11.0 Å². The molecule has 0 fully saturated rings. The number of hydrogen-bond acceptors (Lipinski definition) is 7. The summed E-state index contributed by atoms with van der Waals surface area (Å²) in [6.45, 7) is -0.407. The van der Waals surface area contributed by atoms with E-state index in [1.54, 1.807) is 48.5 Å². The van der Waals surface area contributed by atoms with Gasteiger partial charge in [0.25, 0.3) is 5.91 Å². The van der Waals surface area contributed by atoms with E-state index in [1.807, 2.05) is 30.3 Å². The first-order valence-corrected chi connectivity index (χ1v) is 9.31. The van der Waals surface area contributed by atoms with Crippen LogP contribution in [-0.2, 0) is 9.53 Å².